The molecule has 0 spiro atoms. The normalized spacial score (nSPS) is 24.4. The third-order valence-electron chi connectivity index (χ3n) is 4.96. The SMILES string of the molecule is COC(=O)C1CSC(C2CCCCC2)N1C(=O)c1ccc(Cl)cc1Cl. The number of methoxy groups -OCH3 is 1. The van der Waals surface area contributed by atoms with Crippen molar-refractivity contribution in [2.45, 2.75) is 43.5 Å². The summed E-state index contributed by atoms with van der Waals surface area (Å²) in [5.74, 6) is 0.371. The second kappa shape index (κ2) is 8.19. The van der Waals surface area contributed by atoms with Crippen molar-refractivity contribution in [1.82, 2.24) is 4.90 Å². The molecule has 1 saturated heterocycles. The number of halogens is 2. The monoisotopic (exact) mass is 401 g/mol. The highest BCUT2D eigenvalue weighted by Crippen LogP contribution is 2.42. The van der Waals surface area contributed by atoms with Crippen LogP contribution in [0, 0.1) is 5.92 Å². The zero-order chi connectivity index (χ0) is 18.0. The van der Waals surface area contributed by atoms with Gasteiger partial charge in [-0.05, 0) is 37.0 Å². The molecular formula is C18H21Cl2NO3S. The van der Waals surface area contributed by atoms with Crippen LogP contribution in [0.1, 0.15) is 42.5 Å². The Hall–Kier alpha value is -0.910. The molecule has 1 amide bonds. The van der Waals surface area contributed by atoms with Gasteiger partial charge >= 0.3 is 5.97 Å². The fraction of sp³-hybridized carbons (Fsp3) is 0.556. The van der Waals surface area contributed by atoms with E-state index in [9.17, 15) is 9.59 Å². The van der Waals surface area contributed by atoms with Crippen LogP contribution < -0.4 is 0 Å². The molecule has 7 heteroatoms. The fourth-order valence-corrected chi connectivity index (χ4v) is 5.80. The number of esters is 1. The number of nitrogens with zero attached hydrogens (tertiary/aromatic N) is 1. The van der Waals surface area contributed by atoms with Crippen molar-refractivity contribution in [3.8, 4) is 0 Å². The highest BCUT2D eigenvalue weighted by atomic mass is 35.5. The van der Waals surface area contributed by atoms with E-state index < -0.39 is 6.04 Å². The summed E-state index contributed by atoms with van der Waals surface area (Å²) < 4.78 is 4.94. The topological polar surface area (TPSA) is 46.6 Å². The van der Waals surface area contributed by atoms with Crippen LogP contribution in [0.2, 0.25) is 10.0 Å². The minimum absolute atomic E-state index is 0.0105. The molecule has 1 saturated carbocycles. The van der Waals surface area contributed by atoms with Gasteiger partial charge in [0.2, 0.25) is 0 Å². The zero-order valence-corrected chi connectivity index (χ0v) is 16.4. The number of rotatable bonds is 3. The molecule has 0 aromatic heterocycles. The summed E-state index contributed by atoms with van der Waals surface area (Å²) >= 11 is 13.9. The van der Waals surface area contributed by atoms with E-state index in [4.69, 9.17) is 27.9 Å². The minimum Gasteiger partial charge on any atom is -0.467 e. The lowest BCUT2D eigenvalue weighted by Crippen LogP contribution is -2.48. The first-order valence-corrected chi connectivity index (χ1v) is 10.3. The molecular weight excluding hydrogens is 381 g/mol. The molecule has 1 aromatic rings. The maximum Gasteiger partial charge on any atom is 0.329 e. The minimum atomic E-state index is -0.568. The van der Waals surface area contributed by atoms with Crippen molar-refractivity contribution in [2.75, 3.05) is 12.9 Å². The summed E-state index contributed by atoms with van der Waals surface area (Å²) in [7, 11) is 1.36. The Labute approximate surface area is 162 Å². The predicted molar refractivity (Wildman–Crippen MR) is 101 cm³/mol. The van der Waals surface area contributed by atoms with Gasteiger partial charge in [-0.25, -0.2) is 4.79 Å². The summed E-state index contributed by atoms with van der Waals surface area (Å²) in [6.07, 6.45) is 5.77. The molecule has 4 nitrogen and oxygen atoms in total. The quantitative estimate of drug-likeness (QED) is 0.692. The van der Waals surface area contributed by atoms with Crippen molar-refractivity contribution < 1.29 is 14.3 Å². The Morgan fingerprint density at radius 1 is 1.20 bits per heavy atom. The smallest absolute Gasteiger partial charge is 0.329 e. The molecule has 2 atom stereocenters. The summed E-state index contributed by atoms with van der Waals surface area (Å²) in [6, 6.07) is 4.26. The number of carbonyl (C=O) groups excluding carboxylic acids is 2. The largest absolute Gasteiger partial charge is 0.467 e. The molecule has 2 fully saturated rings. The van der Waals surface area contributed by atoms with Gasteiger partial charge in [0.15, 0.2) is 0 Å². The van der Waals surface area contributed by atoms with Crippen molar-refractivity contribution in [3.63, 3.8) is 0 Å². The molecule has 0 radical (unpaired) electrons. The number of carbonyl (C=O) groups is 2. The number of thioether (sulfide) groups is 1. The van der Waals surface area contributed by atoms with Crippen LogP contribution in [0.3, 0.4) is 0 Å². The second-order valence-electron chi connectivity index (χ2n) is 6.50. The number of ether oxygens (including phenoxy) is 1. The second-order valence-corrected chi connectivity index (χ2v) is 8.49. The third-order valence-corrected chi connectivity index (χ3v) is 6.97. The molecule has 0 bridgehead atoms. The Morgan fingerprint density at radius 2 is 1.92 bits per heavy atom. The summed E-state index contributed by atoms with van der Waals surface area (Å²) in [6.45, 7) is 0. The van der Waals surface area contributed by atoms with E-state index in [1.807, 2.05) is 0 Å². The van der Waals surface area contributed by atoms with Crippen molar-refractivity contribution in [2.24, 2.45) is 5.92 Å². The highest BCUT2D eigenvalue weighted by Gasteiger charge is 2.46. The zero-order valence-electron chi connectivity index (χ0n) is 14.0. The van der Waals surface area contributed by atoms with Crippen LogP contribution in [0.25, 0.3) is 0 Å². The van der Waals surface area contributed by atoms with Gasteiger partial charge in [-0.15, -0.1) is 11.8 Å². The Bertz CT molecular complexity index is 664. The van der Waals surface area contributed by atoms with E-state index in [0.29, 0.717) is 27.3 Å². The van der Waals surface area contributed by atoms with Crippen LogP contribution in [-0.4, -0.2) is 41.1 Å². The first-order valence-electron chi connectivity index (χ1n) is 8.50. The molecule has 25 heavy (non-hydrogen) atoms. The van der Waals surface area contributed by atoms with Crippen molar-refractivity contribution in [3.05, 3.63) is 33.8 Å². The Balaban J connectivity index is 1.92. The van der Waals surface area contributed by atoms with E-state index in [1.165, 1.54) is 26.4 Å². The maximum atomic E-state index is 13.2. The molecule has 136 valence electrons. The molecule has 2 unspecified atom stereocenters. The highest BCUT2D eigenvalue weighted by molar-refractivity contribution is 8.00. The van der Waals surface area contributed by atoms with E-state index >= 15 is 0 Å². The first kappa shape index (κ1) is 18.9. The molecule has 2 aliphatic rings. The molecule has 1 heterocycles. The maximum absolute atomic E-state index is 13.2. The lowest BCUT2D eigenvalue weighted by atomic mass is 9.88. The molecule has 3 rings (SSSR count). The molecule has 1 aliphatic heterocycles. The van der Waals surface area contributed by atoms with Crippen LogP contribution >= 0.6 is 35.0 Å². The third kappa shape index (κ3) is 3.93. The van der Waals surface area contributed by atoms with Gasteiger partial charge in [0, 0.05) is 10.8 Å². The van der Waals surface area contributed by atoms with Gasteiger partial charge < -0.3 is 9.64 Å². The Morgan fingerprint density at radius 3 is 2.56 bits per heavy atom. The van der Waals surface area contributed by atoms with Gasteiger partial charge in [-0.2, -0.15) is 0 Å². The number of benzene rings is 1. The summed E-state index contributed by atoms with van der Waals surface area (Å²) in [5.41, 5.74) is 0.378. The van der Waals surface area contributed by atoms with E-state index in [-0.39, 0.29) is 17.3 Å². The van der Waals surface area contributed by atoms with E-state index in [2.05, 4.69) is 0 Å². The summed E-state index contributed by atoms with van der Waals surface area (Å²) in [4.78, 5) is 27.2. The first-order chi connectivity index (χ1) is 12.0. The van der Waals surface area contributed by atoms with Crippen LogP contribution in [0.15, 0.2) is 18.2 Å². The molecule has 1 aliphatic carbocycles. The van der Waals surface area contributed by atoms with Crippen molar-refractivity contribution >= 4 is 46.8 Å². The van der Waals surface area contributed by atoms with Gasteiger partial charge in [0.05, 0.1) is 23.1 Å². The van der Waals surface area contributed by atoms with Gasteiger partial charge in [-0.1, -0.05) is 42.5 Å². The standard InChI is InChI=1S/C18H21Cl2NO3S/c1-24-18(23)15-10-25-17(11-5-3-2-4-6-11)21(15)16(22)13-8-7-12(19)9-14(13)20/h7-9,11,15,17H,2-6,10H2,1H3. The summed E-state index contributed by atoms with van der Waals surface area (Å²) in [5, 5.41) is 0.773. The van der Waals surface area contributed by atoms with Crippen LogP contribution in [-0.2, 0) is 9.53 Å². The van der Waals surface area contributed by atoms with E-state index in [1.54, 1.807) is 34.9 Å². The lowest BCUT2D eigenvalue weighted by Gasteiger charge is -2.35. The fourth-order valence-electron chi connectivity index (χ4n) is 3.69. The molecule has 1 aromatic carbocycles. The van der Waals surface area contributed by atoms with Gasteiger partial charge in [0.25, 0.3) is 5.91 Å². The average molecular weight is 402 g/mol. The van der Waals surface area contributed by atoms with Crippen LogP contribution in [0.4, 0.5) is 0 Å². The number of hydrogen-bond donors (Lipinski definition) is 0. The molecule has 0 N–H and O–H groups in total. The van der Waals surface area contributed by atoms with Gasteiger partial charge in [0.1, 0.15) is 6.04 Å². The van der Waals surface area contributed by atoms with Gasteiger partial charge in [-0.3, -0.25) is 4.79 Å². The van der Waals surface area contributed by atoms with E-state index in [0.717, 1.165) is 12.8 Å². The number of hydrogen-bond acceptors (Lipinski definition) is 4. The predicted octanol–water partition coefficient (Wildman–Crippen LogP) is 4.63. The Kier molecular flexibility index (Phi) is 6.18. The average Bonchev–Trinajstić information content (AvgIpc) is 3.06. The number of amides is 1. The lowest BCUT2D eigenvalue weighted by molar-refractivity contribution is -0.145. The van der Waals surface area contributed by atoms with Crippen LogP contribution in [0.5, 0.6) is 0 Å². The van der Waals surface area contributed by atoms with Crippen molar-refractivity contribution in [1.29, 1.82) is 0 Å².